The number of anilines is 1. The number of nitrogens with zero attached hydrogens (tertiary/aromatic N) is 2. The van der Waals surface area contributed by atoms with E-state index < -0.39 is 5.97 Å². The predicted molar refractivity (Wildman–Crippen MR) is 65.4 cm³/mol. The summed E-state index contributed by atoms with van der Waals surface area (Å²) in [6, 6.07) is 5.09. The third-order valence-electron chi connectivity index (χ3n) is 2.18. The van der Waals surface area contributed by atoms with Crippen molar-refractivity contribution in [3.05, 3.63) is 29.7 Å². The lowest BCUT2D eigenvalue weighted by atomic mass is 10.2. The molecule has 0 saturated carbocycles. The van der Waals surface area contributed by atoms with Gasteiger partial charge in [-0.2, -0.15) is 0 Å². The fraction of sp³-hybridized carbons (Fsp3) is 0.182. The van der Waals surface area contributed by atoms with Gasteiger partial charge in [0.25, 0.3) is 5.22 Å². The average molecular weight is 265 g/mol. The van der Waals surface area contributed by atoms with Crippen LogP contribution < -0.4 is 5.73 Å². The van der Waals surface area contributed by atoms with E-state index in [0.717, 1.165) is 0 Å². The minimum atomic E-state index is -0.475. The molecule has 0 atom stereocenters. The van der Waals surface area contributed by atoms with E-state index in [-0.39, 0.29) is 0 Å². The Morgan fingerprint density at radius 2 is 2.22 bits per heavy atom. The van der Waals surface area contributed by atoms with Crippen LogP contribution in [0, 0.1) is 6.92 Å². The number of ether oxygens (including phenoxy) is 1. The monoisotopic (exact) mass is 265 g/mol. The Bertz CT molecular complexity index is 583. The summed E-state index contributed by atoms with van der Waals surface area (Å²) in [7, 11) is 1.31. The van der Waals surface area contributed by atoms with E-state index >= 15 is 0 Å². The van der Waals surface area contributed by atoms with Crippen LogP contribution in [0.25, 0.3) is 0 Å². The zero-order valence-corrected chi connectivity index (χ0v) is 10.7. The Kier molecular flexibility index (Phi) is 3.52. The fourth-order valence-corrected chi connectivity index (χ4v) is 2.13. The maximum Gasteiger partial charge on any atom is 0.339 e. The molecular weight excluding hydrogens is 254 g/mol. The molecule has 1 aromatic heterocycles. The number of esters is 1. The topological polar surface area (TPSA) is 91.2 Å². The number of methoxy groups -OCH3 is 1. The van der Waals surface area contributed by atoms with Crippen LogP contribution in [0.3, 0.4) is 0 Å². The molecule has 2 aromatic rings. The second-order valence-corrected chi connectivity index (χ2v) is 4.39. The number of rotatable bonds is 3. The lowest BCUT2D eigenvalue weighted by molar-refractivity contribution is 0.0601. The van der Waals surface area contributed by atoms with Crippen LogP contribution in [0.2, 0.25) is 0 Å². The highest BCUT2D eigenvalue weighted by Crippen LogP contribution is 2.33. The predicted octanol–water partition coefficient (Wildman–Crippen LogP) is 1.90. The molecule has 1 aromatic carbocycles. The van der Waals surface area contributed by atoms with Crippen molar-refractivity contribution in [2.75, 3.05) is 12.8 Å². The number of hydrogen-bond acceptors (Lipinski definition) is 7. The Labute approximate surface area is 108 Å². The zero-order valence-electron chi connectivity index (χ0n) is 9.84. The number of carbonyl (C=O) groups is 1. The molecule has 1 heterocycles. The molecule has 0 radical (unpaired) electrons. The normalized spacial score (nSPS) is 10.3. The van der Waals surface area contributed by atoms with Gasteiger partial charge in [0.15, 0.2) is 0 Å². The lowest BCUT2D eigenvalue weighted by Crippen LogP contribution is -2.06. The maximum atomic E-state index is 11.5. The maximum absolute atomic E-state index is 11.5. The first kappa shape index (κ1) is 12.4. The Morgan fingerprint density at radius 3 is 2.83 bits per heavy atom. The third-order valence-corrected chi connectivity index (χ3v) is 3.09. The third kappa shape index (κ3) is 2.45. The molecule has 0 fully saturated rings. The molecule has 0 aliphatic rings. The molecule has 0 bridgehead atoms. The van der Waals surface area contributed by atoms with E-state index in [1.807, 2.05) is 0 Å². The number of aryl methyl sites for hydroxylation is 1. The first-order valence-electron chi connectivity index (χ1n) is 5.06. The van der Waals surface area contributed by atoms with Crippen LogP contribution in [-0.4, -0.2) is 23.3 Å². The van der Waals surface area contributed by atoms with Crippen molar-refractivity contribution in [3.63, 3.8) is 0 Å². The number of hydrogen-bond donors (Lipinski definition) is 1. The number of aromatic nitrogens is 2. The minimum absolute atomic E-state index is 0.318. The highest BCUT2D eigenvalue weighted by Gasteiger charge is 2.15. The van der Waals surface area contributed by atoms with Crippen LogP contribution in [0.4, 0.5) is 5.69 Å². The number of nitrogens with two attached hydrogens (primary N) is 1. The second kappa shape index (κ2) is 5.09. The molecule has 18 heavy (non-hydrogen) atoms. The van der Waals surface area contributed by atoms with Gasteiger partial charge in [0.05, 0.1) is 18.4 Å². The van der Waals surface area contributed by atoms with Crippen molar-refractivity contribution in [2.45, 2.75) is 17.0 Å². The summed E-state index contributed by atoms with van der Waals surface area (Å²) in [5.74, 6) is -0.00291. The van der Waals surface area contributed by atoms with Crippen LogP contribution in [0.5, 0.6) is 0 Å². The van der Waals surface area contributed by atoms with Crippen molar-refractivity contribution in [1.82, 2.24) is 10.2 Å². The summed E-state index contributed by atoms with van der Waals surface area (Å²) in [6.07, 6.45) is 0. The second-order valence-electron chi connectivity index (χ2n) is 3.40. The van der Waals surface area contributed by atoms with Crippen molar-refractivity contribution in [2.24, 2.45) is 0 Å². The molecule has 6 nitrogen and oxygen atoms in total. The summed E-state index contributed by atoms with van der Waals surface area (Å²) >= 11 is 1.20. The van der Waals surface area contributed by atoms with Crippen molar-refractivity contribution in [3.8, 4) is 0 Å². The first-order chi connectivity index (χ1) is 8.61. The fourth-order valence-electron chi connectivity index (χ4n) is 1.33. The summed E-state index contributed by atoms with van der Waals surface area (Å²) in [5, 5.41) is 7.94. The van der Waals surface area contributed by atoms with Crippen molar-refractivity contribution in [1.29, 1.82) is 0 Å². The van der Waals surface area contributed by atoms with Crippen LogP contribution in [0.1, 0.15) is 16.2 Å². The van der Waals surface area contributed by atoms with Gasteiger partial charge in [0.2, 0.25) is 5.89 Å². The van der Waals surface area contributed by atoms with E-state index in [2.05, 4.69) is 14.9 Å². The molecule has 94 valence electrons. The number of nitrogen functional groups attached to an aromatic ring is 1. The Hall–Kier alpha value is -2.02. The van der Waals surface area contributed by atoms with Gasteiger partial charge in [-0.1, -0.05) is 6.07 Å². The quantitative estimate of drug-likeness (QED) is 0.669. The number of para-hydroxylation sites is 1. The molecule has 0 saturated heterocycles. The van der Waals surface area contributed by atoms with E-state index in [4.69, 9.17) is 10.2 Å². The van der Waals surface area contributed by atoms with Gasteiger partial charge in [-0.3, -0.25) is 0 Å². The van der Waals surface area contributed by atoms with Gasteiger partial charge in [-0.15, -0.1) is 10.2 Å². The zero-order chi connectivity index (χ0) is 13.1. The Morgan fingerprint density at radius 1 is 1.44 bits per heavy atom. The number of benzene rings is 1. The van der Waals surface area contributed by atoms with Gasteiger partial charge in [0, 0.05) is 11.8 Å². The number of carbonyl (C=O) groups excluding carboxylic acids is 1. The minimum Gasteiger partial charge on any atom is -0.465 e. The largest absolute Gasteiger partial charge is 0.465 e. The molecule has 0 unspecified atom stereocenters. The molecule has 7 heteroatoms. The standard InChI is InChI=1S/C11H11N3O3S/c1-6-13-14-11(17-6)18-8-5-3-4-7(9(8)12)10(15)16-2/h3-5H,12H2,1-2H3. The summed E-state index contributed by atoms with van der Waals surface area (Å²) in [6.45, 7) is 1.70. The molecule has 0 spiro atoms. The van der Waals surface area contributed by atoms with Crippen LogP contribution in [0.15, 0.2) is 32.7 Å². The van der Waals surface area contributed by atoms with E-state index in [9.17, 15) is 4.79 Å². The highest BCUT2D eigenvalue weighted by atomic mass is 32.2. The molecule has 0 aliphatic carbocycles. The van der Waals surface area contributed by atoms with E-state index in [1.54, 1.807) is 25.1 Å². The first-order valence-corrected chi connectivity index (χ1v) is 5.88. The molecule has 2 N–H and O–H groups in total. The molecular formula is C11H11N3O3S. The van der Waals surface area contributed by atoms with Gasteiger partial charge >= 0.3 is 5.97 Å². The summed E-state index contributed by atoms with van der Waals surface area (Å²) in [5.41, 5.74) is 6.56. The molecule has 0 aliphatic heterocycles. The van der Waals surface area contributed by atoms with E-state index in [1.165, 1.54) is 18.9 Å². The lowest BCUT2D eigenvalue weighted by Gasteiger charge is -2.07. The van der Waals surface area contributed by atoms with Crippen molar-refractivity contribution < 1.29 is 13.9 Å². The van der Waals surface area contributed by atoms with Crippen LogP contribution in [-0.2, 0) is 4.74 Å². The summed E-state index contributed by atoms with van der Waals surface area (Å²) < 4.78 is 9.88. The van der Waals surface area contributed by atoms with Crippen LogP contribution >= 0.6 is 11.8 Å². The molecule has 2 rings (SSSR count). The van der Waals surface area contributed by atoms with Crippen molar-refractivity contribution >= 4 is 23.4 Å². The highest BCUT2D eigenvalue weighted by molar-refractivity contribution is 7.99. The van der Waals surface area contributed by atoms with Gasteiger partial charge in [-0.05, 0) is 23.9 Å². The van der Waals surface area contributed by atoms with E-state index in [0.29, 0.717) is 27.3 Å². The molecule has 0 amide bonds. The summed E-state index contributed by atoms with van der Waals surface area (Å²) in [4.78, 5) is 12.1. The average Bonchev–Trinajstić information content (AvgIpc) is 2.76. The Balaban J connectivity index is 2.31. The van der Waals surface area contributed by atoms with Gasteiger partial charge in [0.1, 0.15) is 0 Å². The smallest absolute Gasteiger partial charge is 0.339 e. The van der Waals surface area contributed by atoms with Gasteiger partial charge < -0.3 is 14.9 Å². The van der Waals surface area contributed by atoms with Gasteiger partial charge in [-0.25, -0.2) is 4.79 Å². The SMILES string of the molecule is COC(=O)c1cccc(Sc2nnc(C)o2)c1N.